The fourth-order valence-corrected chi connectivity index (χ4v) is 1.88. The molecule has 0 saturated heterocycles. The fraction of sp³-hybridized carbons (Fsp3) is 0.250. The van der Waals surface area contributed by atoms with Crippen molar-refractivity contribution in [2.45, 2.75) is 26.6 Å². The van der Waals surface area contributed by atoms with Gasteiger partial charge in [0.1, 0.15) is 11.4 Å². The summed E-state index contributed by atoms with van der Waals surface area (Å²) in [6.07, 6.45) is -2.40. The van der Waals surface area contributed by atoms with E-state index in [1.165, 1.54) is 19.1 Å². The summed E-state index contributed by atoms with van der Waals surface area (Å²) >= 11 is 0. The number of carbonyl (C=O) groups excluding carboxylic acids is 1. The summed E-state index contributed by atoms with van der Waals surface area (Å²) in [6.45, 7) is 3.45. The van der Waals surface area contributed by atoms with Crippen LogP contribution in [0, 0.1) is 6.92 Å². The molecule has 0 fully saturated rings. The second-order valence-corrected chi connectivity index (χ2v) is 4.89. The van der Waals surface area contributed by atoms with Crippen LogP contribution in [0.2, 0.25) is 0 Å². The lowest BCUT2D eigenvalue weighted by Crippen LogP contribution is -2.18. The third-order valence-corrected chi connectivity index (χ3v) is 3.14. The van der Waals surface area contributed by atoms with Gasteiger partial charge in [0.15, 0.2) is 0 Å². The second-order valence-electron chi connectivity index (χ2n) is 4.89. The van der Waals surface area contributed by atoms with Crippen LogP contribution in [0.25, 0.3) is 0 Å². The Morgan fingerprint density at radius 1 is 1.30 bits per heavy atom. The molecule has 0 aliphatic heterocycles. The molecule has 0 atom stereocenters. The van der Waals surface area contributed by atoms with E-state index in [9.17, 15) is 18.0 Å². The first kappa shape index (κ1) is 16.8. The molecule has 1 aromatic heterocycles. The van der Waals surface area contributed by atoms with Crippen molar-refractivity contribution >= 4 is 11.6 Å². The second kappa shape index (κ2) is 6.68. The van der Waals surface area contributed by atoms with Gasteiger partial charge in [0.05, 0.1) is 0 Å². The van der Waals surface area contributed by atoms with Crippen molar-refractivity contribution in [1.82, 2.24) is 4.98 Å². The molecule has 1 N–H and O–H groups in total. The van der Waals surface area contributed by atoms with Gasteiger partial charge < -0.3 is 10.1 Å². The summed E-state index contributed by atoms with van der Waals surface area (Å²) in [5.74, 6) is -0.862. The van der Waals surface area contributed by atoms with Crippen LogP contribution in [0.15, 0.2) is 36.5 Å². The molecule has 0 aliphatic carbocycles. The van der Waals surface area contributed by atoms with E-state index in [0.717, 1.165) is 18.1 Å². The third-order valence-electron chi connectivity index (χ3n) is 3.14. The van der Waals surface area contributed by atoms with Crippen LogP contribution in [0.3, 0.4) is 0 Å². The topological polar surface area (TPSA) is 51.2 Å². The monoisotopic (exact) mass is 326 g/mol. The normalized spacial score (nSPS) is 11.2. The number of nitrogens with zero attached hydrogens (tertiary/aromatic N) is 1. The van der Waals surface area contributed by atoms with E-state index in [1.54, 1.807) is 18.3 Å². The Morgan fingerprint density at radius 2 is 2.04 bits per heavy atom. The van der Waals surface area contributed by atoms with E-state index < -0.39 is 12.3 Å². The summed E-state index contributed by atoms with van der Waals surface area (Å²) < 4.78 is 40.9. The first-order valence-electron chi connectivity index (χ1n) is 6.91. The van der Waals surface area contributed by atoms with Crippen molar-refractivity contribution in [3.8, 4) is 5.75 Å². The number of anilines is 1. The van der Waals surface area contributed by atoms with Gasteiger partial charge in [-0.05, 0) is 36.6 Å². The van der Waals surface area contributed by atoms with Crippen LogP contribution < -0.4 is 10.1 Å². The van der Waals surface area contributed by atoms with Crippen molar-refractivity contribution < 1.29 is 24.1 Å². The van der Waals surface area contributed by atoms with Gasteiger partial charge in [-0.25, -0.2) is 0 Å². The predicted molar refractivity (Wildman–Crippen MR) is 81.5 cm³/mol. The summed E-state index contributed by atoms with van der Waals surface area (Å²) in [4.78, 5) is 16.1. The Morgan fingerprint density at radius 3 is 2.61 bits per heavy atom. The minimum atomic E-state index is -4.79. The largest absolute Gasteiger partial charge is 0.573 e. The van der Waals surface area contributed by atoms with Gasteiger partial charge in [-0.3, -0.25) is 9.78 Å². The van der Waals surface area contributed by atoms with Crippen molar-refractivity contribution in [2.75, 3.05) is 5.32 Å². The minimum absolute atomic E-state index is 0. The Hall–Kier alpha value is -2.57. The van der Waals surface area contributed by atoms with E-state index in [4.69, 9.17) is 0 Å². The quantitative estimate of drug-likeness (QED) is 0.909. The molecule has 0 bridgehead atoms. The minimum Gasteiger partial charge on any atom is -0.405 e. The van der Waals surface area contributed by atoms with Crippen molar-refractivity contribution in [1.29, 1.82) is 0 Å². The lowest BCUT2D eigenvalue weighted by Gasteiger charge is -2.13. The fourth-order valence-electron chi connectivity index (χ4n) is 1.88. The summed E-state index contributed by atoms with van der Waals surface area (Å²) in [5, 5.41) is 2.50. The maximum Gasteiger partial charge on any atom is 0.573 e. The third kappa shape index (κ3) is 4.70. The van der Waals surface area contributed by atoms with E-state index in [0.29, 0.717) is 5.56 Å². The Bertz CT molecular complexity index is 703. The molecule has 7 heteroatoms. The van der Waals surface area contributed by atoms with Crippen LogP contribution >= 0.6 is 0 Å². The summed E-state index contributed by atoms with van der Waals surface area (Å²) in [7, 11) is 0. The van der Waals surface area contributed by atoms with Crippen molar-refractivity contribution in [3.63, 3.8) is 0 Å². The zero-order valence-electron chi connectivity index (χ0n) is 12.6. The average molecular weight is 326 g/mol. The van der Waals surface area contributed by atoms with Crippen molar-refractivity contribution in [2.24, 2.45) is 0 Å². The number of hydrogen-bond donors (Lipinski definition) is 1. The van der Waals surface area contributed by atoms with E-state index in [1.807, 2.05) is 6.92 Å². The molecular formula is C16H17F3N2O2. The predicted octanol–water partition coefficient (Wildman–Crippen LogP) is 4.35. The lowest BCUT2D eigenvalue weighted by atomic mass is 10.2. The molecule has 2 aromatic rings. The van der Waals surface area contributed by atoms with Crippen molar-refractivity contribution in [3.05, 3.63) is 53.3 Å². The van der Waals surface area contributed by atoms with Gasteiger partial charge in [0, 0.05) is 19.4 Å². The molecule has 0 aliphatic rings. The highest BCUT2D eigenvalue weighted by Crippen LogP contribution is 2.28. The van der Waals surface area contributed by atoms with Gasteiger partial charge in [-0.15, -0.1) is 13.2 Å². The van der Waals surface area contributed by atoms with Crippen LogP contribution in [0.4, 0.5) is 18.9 Å². The Labute approximate surface area is 132 Å². The maximum atomic E-state index is 12.3. The number of amides is 1. The number of pyridine rings is 1. The van der Waals surface area contributed by atoms with E-state index in [2.05, 4.69) is 15.0 Å². The van der Waals surface area contributed by atoms with E-state index >= 15 is 0 Å². The molecule has 1 aromatic carbocycles. The molecule has 0 radical (unpaired) electrons. The number of halogens is 3. The zero-order chi connectivity index (χ0) is 17.0. The molecular weight excluding hydrogens is 309 g/mol. The molecule has 0 saturated carbocycles. The number of alkyl halides is 3. The Kier molecular flexibility index (Phi) is 4.88. The number of ether oxygens (including phenoxy) is 1. The number of benzene rings is 1. The molecule has 2 rings (SSSR count). The van der Waals surface area contributed by atoms with Crippen LogP contribution in [0.5, 0.6) is 5.75 Å². The van der Waals surface area contributed by atoms with Gasteiger partial charge in [0.2, 0.25) is 0 Å². The highest BCUT2D eigenvalue weighted by atomic mass is 19.4. The molecule has 0 spiro atoms. The SMILES string of the molecule is CCc1ccc(C(=O)Nc2ccc(C)c(OC(F)(F)F)c2)nc1.[HH]. The van der Waals surface area contributed by atoms with Crippen LogP contribution in [-0.2, 0) is 6.42 Å². The molecule has 1 amide bonds. The number of hydrogen-bond acceptors (Lipinski definition) is 3. The first-order chi connectivity index (χ1) is 10.8. The molecule has 1 heterocycles. The van der Waals surface area contributed by atoms with E-state index in [-0.39, 0.29) is 18.6 Å². The summed E-state index contributed by atoms with van der Waals surface area (Å²) in [5.41, 5.74) is 1.67. The zero-order valence-corrected chi connectivity index (χ0v) is 12.6. The van der Waals surface area contributed by atoms with Gasteiger partial charge >= 0.3 is 6.36 Å². The molecule has 124 valence electrons. The van der Waals surface area contributed by atoms with Gasteiger partial charge in [0.25, 0.3) is 5.91 Å². The van der Waals surface area contributed by atoms with Gasteiger partial charge in [-0.1, -0.05) is 19.1 Å². The Balaban J connectivity index is 0.00000288. The number of aryl methyl sites for hydroxylation is 2. The van der Waals surface area contributed by atoms with Crippen LogP contribution in [-0.4, -0.2) is 17.3 Å². The smallest absolute Gasteiger partial charge is 0.405 e. The standard InChI is InChI=1S/C16H15F3N2O2.H2/c1-3-11-5-7-13(20-9-11)15(22)21-12-6-4-10(2)14(8-12)23-16(17,18)19;/h4-9H,3H2,1-2H3,(H,21,22);1H. The number of rotatable bonds is 4. The summed E-state index contributed by atoms with van der Waals surface area (Å²) in [6, 6.07) is 7.40. The highest BCUT2D eigenvalue weighted by Gasteiger charge is 2.31. The molecule has 0 unspecified atom stereocenters. The maximum absolute atomic E-state index is 12.3. The average Bonchev–Trinajstić information content (AvgIpc) is 2.49. The van der Waals surface area contributed by atoms with Gasteiger partial charge in [-0.2, -0.15) is 0 Å². The molecule has 23 heavy (non-hydrogen) atoms. The number of nitrogens with one attached hydrogen (secondary N) is 1. The first-order valence-corrected chi connectivity index (χ1v) is 6.91. The molecule has 4 nitrogen and oxygen atoms in total. The number of carbonyl (C=O) groups is 1. The number of aromatic nitrogens is 1. The van der Waals surface area contributed by atoms with Crippen LogP contribution in [0.1, 0.15) is 30.0 Å². The lowest BCUT2D eigenvalue weighted by molar-refractivity contribution is -0.274. The highest BCUT2D eigenvalue weighted by molar-refractivity contribution is 6.02.